The maximum absolute atomic E-state index is 12.9. The smallest absolute Gasteiger partial charge is 0.251 e. The lowest BCUT2D eigenvalue weighted by atomic mass is 10.1. The van der Waals surface area contributed by atoms with E-state index in [1.54, 1.807) is 18.2 Å². The molecule has 0 aliphatic rings. The molecular formula is C25H37N3O4S. The van der Waals surface area contributed by atoms with E-state index in [1.165, 1.54) is 6.07 Å². The normalized spacial score (nSPS) is 11.3. The van der Waals surface area contributed by atoms with Gasteiger partial charge < -0.3 is 15.0 Å². The third kappa shape index (κ3) is 8.05. The van der Waals surface area contributed by atoms with Crippen molar-refractivity contribution in [1.82, 2.24) is 5.32 Å². The number of anilines is 1. The van der Waals surface area contributed by atoms with Gasteiger partial charge in [-0.25, -0.2) is 13.6 Å². The van der Waals surface area contributed by atoms with E-state index < -0.39 is 10.0 Å². The number of para-hydroxylation sites is 1. The van der Waals surface area contributed by atoms with Crippen LogP contribution in [0.2, 0.25) is 0 Å². The second kappa shape index (κ2) is 13.2. The molecule has 0 aromatic heterocycles. The molecule has 8 heteroatoms. The number of hydrogen-bond acceptors (Lipinski definition) is 5. The van der Waals surface area contributed by atoms with E-state index in [0.717, 1.165) is 38.5 Å². The Kier molecular flexibility index (Phi) is 10.7. The first-order valence-electron chi connectivity index (χ1n) is 11.8. The van der Waals surface area contributed by atoms with Crippen LogP contribution in [0.1, 0.15) is 69.7 Å². The molecule has 1 amide bonds. The number of nitrogens with two attached hydrogens (primary N) is 1. The summed E-state index contributed by atoms with van der Waals surface area (Å²) in [6.45, 7) is 8.20. The van der Waals surface area contributed by atoms with Gasteiger partial charge in [-0.15, -0.1) is 0 Å². The predicted molar refractivity (Wildman–Crippen MR) is 134 cm³/mol. The lowest BCUT2D eigenvalue weighted by Gasteiger charge is -2.28. The number of amides is 1. The number of rotatable bonds is 14. The van der Waals surface area contributed by atoms with Crippen molar-refractivity contribution in [2.24, 2.45) is 5.14 Å². The van der Waals surface area contributed by atoms with Gasteiger partial charge in [-0.1, -0.05) is 58.2 Å². The number of ether oxygens (including phenoxy) is 1. The summed E-state index contributed by atoms with van der Waals surface area (Å²) in [4.78, 5) is 14.8. The topological polar surface area (TPSA) is 102 Å². The van der Waals surface area contributed by atoms with Crippen molar-refractivity contribution >= 4 is 21.6 Å². The molecule has 0 bridgehead atoms. The van der Waals surface area contributed by atoms with E-state index in [0.29, 0.717) is 31.1 Å². The average Bonchev–Trinajstić information content (AvgIpc) is 2.79. The molecule has 0 unspecified atom stereocenters. The van der Waals surface area contributed by atoms with Gasteiger partial charge in [0, 0.05) is 25.2 Å². The summed E-state index contributed by atoms with van der Waals surface area (Å²) in [7, 11) is -4.16. The molecule has 0 aliphatic carbocycles. The molecule has 182 valence electrons. The molecule has 2 aromatic rings. The first-order valence-corrected chi connectivity index (χ1v) is 13.3. The fourth-order valence-corrected chi connectivity index (χ4v) is 4.10. The monoisotopic (exact) mass is 475 g/mol. The molecule has 0 heterocycles. The number of hydrogen-bond donors (Lipinski definition) is 2. The quantitative estimate of drug-likeness (QED) is 0.372. The van der Waals surface area contributed by atoms with Crippen LogP contribution in [0, 0.1) is 0 Å². The minimum Gasteiger partial charge on any atom is -0.454 e. The largest absolute Gasteiger partial charge is 0.454 e. The fourth-order valence-electron chi connectivity index (χ4n) is 3.41. The van der Waals surface area contributed by atoms with Gasteiger partial charge in [-0.3, -0.25) is 4.79 Å². The Morgan fingerprint density at radius 2 is 1.58 bits per heavy atom. The Balaban J connectivity index is 2.67. The first kappa shape index (κ1) is 26.7. The van der Waals surface area contributed by atoms with Gasteiger partial charge in [-0.2, -0.15) is 0 Å². The van der Waals surface area contributed by atoms with Crippen LogP contribution in [0.15, 0.2) is 47.4 Å². The Morgan fingerprint density at radius 3 is 2.12 bits per heavy atom. The molecule has 3 N–H and O–H groups in total. The van der Waals surface area contributed by atoms with E-state index in [2.05, 4.69) is 24.1 Å². The Bertz CT molecular complexity index is 986. The molecule has 0 fully saturated rings. The Morgan fingerprint density at radius 1 is 0.970 bits per heavy atom. The zero-order chi connectivity index (χ0) is 24.3. The van der Waals surface area contributed by atoms with Crippen molar-refractivity contribution in [2.75, 3.05) is 24.5 Å². The van der Waals surface area contributed by atoms with Gasteiger partial charge in [0.2, 0.25) is 10.0 Å². The van der Waals surface area contributed by atoms with Crippen LogP contribution in [0.5, 0.6) is 11.5 Å². The molecule has 33 heavy (non-hydrogen) atoms. The van der Waals surface area contributed by atoms with E-state index >= 15 is 0 Å². The maximum Gasteiger partial charge on any atom is 0.251 e. The predicted octanol–water partition coefficient (Wildman–Crippen LogP) is 5.06. The molecule has 0 saturated carbocycles. The zero-order valence-electron chi connectivity index (χ0n) is 20.0. The van der Waals surface area contributed by atoms with Gasteiger partial charge in [0.15, 0.2) is 5.75 Å². The van der Waals surface area contributed by atoms with Gasteiger partial charge in [0.25, 0.3) is 5.91 Å². The molecule has 0 aliphatic heterocycles. The number of nitrogens with one attached hydrogen (secondary N) is 1. The summed E-state index contributed by atoms with van der Waals surface area (Å²) in [6.07, 6.45) is 5.60. The maximum atomic E-state index is 12.9. The van der Waals surface area contributed by atoms with Crippen LogP contribution in [-0.4, -0.2) is 34.0 Å². The van der Waals surface area contributed by atoms with Crippen LogP contribution in [0.3, 0.4) is 0 Å². The summed E-state index contributed by atoms with van der Waals surface area (Å²) in [6, 6.07) is 12.0. The first-order chi connectivity index (χ1) is 15.8. The van der Waals surface area contributed by atoms with E-state index in [9.17, 15) is 13.2 Å². The number of unbranched alkanes of at least 4 members (excludes halogenated alkanes) is 3. The Hall–Kier alpha value is -2.58. The molecule has 0 radical (unpaired) electrons. The van der Waals surface area contributed by atoms with Crippen molar-refractivity contribution in [3.05, 3.63) is 48.0 Å². The van der Waals surface area contributed by atoms with Crippen LogP contribution in [0.4, 0.5) is 5.69 Å². The van der Waals surface area contributed by atoms with Crippen molar-refractivity contribution < 1.29 is 17.9 Å². The average molecular weight is 476 g/mol. The third-order valence-electron chi connectivity index (χ3n) is 5.29. The molecule has 0 spiro atoms. The van der Waals surface area contributed by atoms with Crippen molar-refractivity contribution in [2.45, 2.75) is 64.2 Å². The van der Waals surface area contributed by atoms with Crippen molar-refractivity contribution in [1.29, 1.82) is 0 Å². The summed E-state index contributed by atoms with van der Waals surface area (Å²) in [5, 5.41) is 8.48. The lowest BCUT2D eigenvalue weighted by Crippen LogP contribution is -2.29. The second-order valence-corrected chi connectivity index (χ2v) is 9.62. The molecule has 2 rings (SSSR count). The third-order valence-corrected chi connectivity index (χ3v) is 6.20. The summed E-state index contributed by atoms with van der Waals surface area (Å²) in [5.41, 5.74) is 0.816. The highest BCUT2D eigenvalue weighted by atomic mass is 32.2. The van der Waals surface area contributed by atoms with Gasteiger partial charge in [0.1, 0.15) is 10.6 Å². The summed E-state index contributed by atoms with van der Waals surface area (Å²) in [5.74, 6) is 0.322. The Labute approximate surface area is 198 Å². The number of nitrogens with zero attached hydrogens (tertiary/aromatic N) is 1. The number of carbonyl (C=O) groups excluding carboxylic acids is 1. The van der Waals surface area contributed by atoms with Crippen LogP contribution in [-0.2, 0) is 10.0 Å². The molecular weight excluding hydrogens is 438 g/mol. The van der Waals surface area contributed by atoms with Crippen LogP contribution in [0.25, 0.3) is 0 Å². The fraction of sp³-hybridized carbons (Fsp3) is 0.480. The molecule has 0 saturated heterocycles. The van der Waals surface area contributed by atoms with Crippen molar-refractivity contribution in [3.8, 4) is 11.5 Å². The van der Waals surface area contributed by atoms with Crippen LogP contribution >= 0.6 is 0 Å². The summed E-state index contributed by atoms with van der Waals surface area (Å²) >= 11 is 0. The van der Waals surface area contributed by atoms with Gasteiger partial charge in [0.05, 0.1) is 5.69 Å². The SMILES string of the molecule is CCCCNC(=O)c1cc(N(CCCC)CCCC)c(Oc2ccccc2)c(S(N)(=O)=O)c1. The zero-order valence-corrected chi connectivity index (χ0v) is 20.8. The highest BCUT2D eigenvalue weighted by molar-refractivity contribution is 7.89. The second-order valence-electron chi connectivity index (χ2n) is 8.09. The molecule has 7 nitrogen and oxygen atoms in total. The minimum atomic E-state index is -4.16. The minimum absolute atomic E-state index is 0.154. The van der Waals surface area contributed by atoms with E-state index in [-0.39, 0.29) is 22.1 Å². The van der Waals surface area contributed by atoms with Crippen LogP contribution < -0.4 is 20.1 Å². The lowest BCUT2D eigenvalue weighted by molar-refractivity contribution is 0.0953. The van der Waals surface area contributed by atoms with E-state index in [4.69, 9.17) is 9.88 Å². The number of primary sulfonamides is 1. The standard InChI is InChI=1S/C25H37N3O4S/c1-4-7-15-27-25(29)20-18-22(28(16-8-5-2)17-9-6-3)24(23(19-20)33(26,30)31)32-21-13-11-10-12-14-21/h10-14,18-19H,4-9,15-17H2,1-3H3,(H,27,29)(H2,26,30,31). The van der Waals surface area contributed by atoms with Gasteiger partial charge >= 0.3 is 0 Å². The summed E-state index contributed by atoms with van der Waals surface area (Å²) < 4.78 is 31.4. The number of benzene rings is 2. The number of carbonyl (C=O) groups is 1. The molecule has 0 atom stereocenters. The van der Waals surface area contributed by atoms with Gasteiger partial charge in [-0.05, 0) is 43.5 Å². The molecule has 2 aromatic carbocycles. The van der Waals surface area contributed by atoms with E-state index in [1.807, 2.05) is 25.1 Å². The number of sulfonamides is 1. The highest BCUT2D eigenvalue weighted by Gasteiger charge is 2.26. The highest BCUT2D eigenvalue weighted by Crippen LogP contribution is 2.39. The van der Waals surface area contributed by atoms with Crippen molar-refractivity contribution in [3.63, 3.8) is 0 Å².